The molecule has 5 rings (SSSR count). The van der Waals surface area contributed by atoms with Gasteiger partial charge < -0.3 is 9.47 Å². The zero-order valence-electron chi connectivity index (χ0n) is 17.0. The highest BCUT2D eigenvalue weighted by atomic mass is 16.2. The van der Waals surface area contributed by atoms with E-state index in [1.165, 1.54) is 22.5 Å². The van der Waals surface area contributed by atoms with Gasteiger partial charge in [-0.2, -0.15) is 0 Å². The van der Waals surface area contributed by atoms with Crippen molar-refractivity contribution in [3.05, 3.63) is 63.7 Å². The number of nitrogens with zero attached hydrogens (tertiary/aromatic N) is 8. The summed E-state index contributed by atoms with van der Waals surface area (Å²) in [5, 5.41) is 8.42. The Labute approximate surface area is 175 Å². The van der Waals surface area contributed by atoms with Crippen molar-refractivity contribution in [3.8, 4) is 11.3 Å². The first-order valence-corrected chi connectivity index (χ1v) is 9.80. The Morgan fingerprint density at radius 1 is 1.10 bits per heavy atom. The van der Waals surface area contributed by atoms with Gasteiger partial charge in [-0.1, -0.05) is 35.5 Å². The van der Waals surface area contributed by atoms with Crippen LogP contribution in [0.2, 0.25) is 0 Å². The van der Waals surface area contributed by atoms with Crippen LogP contribution in [0.4, 0.5) is 0 Å². The number of likely N-dealkylation sites (tertiary alicyclic amines) is 1. The topological polar surface area (TPSA) is 113 Å². The second-order valence-corrected chi connectivity index (χ2v) is 7.65. The first-order valence-electron chi connectivity index (χ1n) is 9.80. The van der Waals surface area contributed by atoms with E-state index in [0.29, 0.717) is 13.1 Å². The van der Waals surface area contributed by atoms with Crippen LogP contribution in [0.5, 0.6) is 0 Å². The van der Waals surface area contributed by atoms with E-state index in [-0.39, 0.29) is 29.7 Å². The summed E-state index contributed by atoms with van der Waals surface area (Å²) < 4.78 is 5.59. The summed E-state index contributed by atoms with van der Waals surface area (Å²) in [5.74, 6) is -0.130. The molecule has 1 aliphatic heterocycles. The minimum Gasteiger partial charge on any atom is -0.337 e. The third-order valence-corrected chi connectivity index (χ3v) is 5.69. The highest BCUT2D eigenvalue weighted by molar-refractivity contribution is 5.79. The van der Waals surface area contributed by atoms with Crippen molar-refractivity contribution < 1.29 is 4.79 Å². The van der Waals surface area contributed by atoms with E-state index >= 15 is 0 Å². The van der Waals surface area contributed by atoms with E-state index in [4.69, 9.17) is 0 Å². The molecule has 11 heteroatoms. The van der Waals surface area contributed by atoms with Gasteiger partial charge in [-0.3, -0.25) is 18.7 Å². The third-order valence-electron chi connectivity index (χ3n) is 5.69. The predicted molar refractivity (Wildman–Crippen MR) is 111 cm³/mol. The highest BCUT2D eigenvalue weighted by Gasteiger charge is 2.33. The van der Waals surface area contributed by atoms with Crippen molar-refractivity contribution >= 4 is 17.1 Å². The molecule has 4 heterocycles. The van der Waals surface area contributed by atoms with Gasteiger partial charge in [-0.05, 0) is 0 Å². The molecule has 158 valence electrons. The Hall–Kier alpha value is -4.02. The van der Waals surface area contributed by atoms with E-state index < -0.39 is 11.2 Å². The van der Waals surface area contributed by atoms with Gasteiger partial charge in [0.1, 0.15) is 12.2 Å². The molecule has 1 aliphatic rings. The van der Waals surface area contributed by atoms with Crippen molar-refractivity contribution in [1.82, 2.24) is 38.6 Å². The maximum absolute atomic E-state index is 12.7. The molecule has 1 amide bonds. The van der Waals surface area contributed by atoms with E-state index in [1.54, 1.807) is 16.6 Å². The summed E-state index contributed by atoms with van der Waals surface area (Å²) in [6.07, 6.45) is 3.31. The molecule has 0 aliphatic carbocycles. The maximum atomic E-state index is 12.7. The van der Waals surface area contributed by atoms with Gasteiger partial charge in [0.05, 0.1) is 18.6 Å². The number of carbonyl (C=O) groups excluding carboxylic acids is 1. The molecule has 4 aromatic rings. The number of aryl methyl sites for hydroxylation is 1. The Bertz CT molecular complexity index is 1410. The molecule has 0 unspecified atom stereocenters. The first-order chi connectivity index (χ1) is 14.9. The molecule has 0 N–H and O–H groups in total. The minimum atomic E-state index is -0.471. The second-order valence-electron chi connectivity index (χ2n) is 7.65. The zero-order valence-corrected chi connectivity index (χ0v) is 17.0. The van der Waals surface area contributed by atoms with Crippen molar-refractivity contribution in [3.63, 3.8) is 0 Å². The van der Waals surface area contributed by atoms with Crippen LogP contribution in [0.15, 0.2) is 52.4 Å². The zero-order chi connectivity index (χ0) is 21.7. The summed E-state index contributed by atoms with van der Waals surface area (Å²) >= 11 is 0. The smallest absolute Gasteiger partial charge is 0.332 e. The Kier molecular flexibility index (Phi) is 4.31. The number of rotatable bonds is 4. The van der Waals surface area contributed by atoms with Gasteiger partial charge in [-0.15, -0.1) is 5.10 Å². The maximum Gasteiger partial charge on any atom is 0.332 e. The number of benzene rings is 1. The lowest BCUT2D eigenvalue weighted by atomic mass is 10.1. The molecule has 1 fully saturated rings. The van der Waals surface area contributed by atoms with E-state index in [0.717, 1.165) is 15.8 Å². The molecule has 0 bridgehead atoms. The van der Waals surface area contributed by atoms with Gasteiger partial charge in [0, 0.05) is 32.7 Å². The second kappa shape index (κ2) is 7.04. The summed E-state index contributed by atoms with van der Waals surface area (Å²) in [6.45, 7) is 1.00. The van der Waals surface area contributed by atoms with Crippen molar-refractivity contribution in [2.75, 3.05) is 13.1 Å². The highest BCUT2D eigenvalue weighted by Crippen LogP contribution is 2.23. The standard InChI is InChI=1S/C20H20N8O3/c1-24-18-17(19(30)25(2)20(24)31)27(12-21-18)11-16(29)26-8-14(9-26)28-10-15(22-23-28)13-6-4-3-5-7-13/h3-7,10,12,14H,8-9,11H2,1-2H3. The fourth-order valence-corrected chi connectivity index (χ4v) is 3.79. The van der Waals surface area contributed by atoms with Crippen molar-refractivity contribution in [2.24, 2.45) is 14.1 Å². The molecule has 0 saturated carbocycles. The van der Waals surface area contributed by atoms with E-state index in [9.17, 15) is 14.4 Å². The van der Waals surface area contributed by atoms with Crippen LogP contribution >= 0.6 is 0 Å². The average molecular weight is 420 g/mol. The van der Waals surface area contributed by atoms with Gasteiger partial charge in [0.2, 0.25) is 5.91 Å². The molecular weight excluding hydrogens is 400 g/mol. The van der Waals surface area contributed by atoms with Crippen LogP contribution in [0, 0.1) is 0 Å². The van der Waals surface area contributed by atoms with Gasteiger partial charge >= 0.3 is 5.69 Å². The number of hydrogen-bond donors (Lipinski definition) is 0. The van der Waals surface area contributed by atoms with Crippen LogP contribution < -0.4 is 11.2 Å². The first kappa shape index (κ1) is 19.0. The molecule has 0 atom stereocenters. The summed E-state index contributed by atoms with van der Waals surface area (Å²) in [7, 11) is 2.95. The molecule has 31 heavy (non-hydrogen) atoms. The predicted octanol–water partition coefficient (Wildman–Crippen LogP) is -0.224. The fraction of sp³-hybridized carbons (Fsp3) is 0.300. The van der Waals surface area contributed by atoms with Gasteiger partial charge in [0.15, 0.2) is 11.2 Å². The minimum absolute atomic E-state index is 0.0245. The number of amides is 1. The van der Waals surface area contributed by atoms with E-state index in [2.05, 4.69) is 15.3 Å². The van der Waals surface area contributed by atoms with Gasteiger partial charge in [0.25, 0.3) is 5.56 Å². The van der Waals surface area contributed by atoms with Crippen LogP contribution in [0.25, 0.3) is 22.4 Å². The lowest BCUT2D eigenvalue weighted by molar-refractivity contribution is -0.137. The molecule has 0 spiro atoms. The Balaban J connectivity index is 1.29. The number of fused-ring (bicyclic) bond motifs is 1. The monoisotopic (exact) mass is 420 g/mol. The number of aromatic nitrogens is 7. The lowest BCUT2D eigenvalue weighted by Crippen LogP contribution is -2.52. The van der Waals surface area contributed by atoms with E-state index in [1.807, 2.05) is 36.5 Å². The normalized spacial score (nSPS) is 14.2. The van der Waals surface area contributed by atoms with Crippen molar-refractivity contribution in [1.29, 1.82) is 0 Å². The van der Waals surface area contributed by atoms with Crippen LogP contribution in [0.3, 0.4) is 0 Å². The molecular formula is C20H20N8O3. The molecule has 1 aromatic carbocycles. The van der Waals surface area contributed by atoms with Gasteiger partial charge in [-0.25, -0.2) is 14.5 Å². The largest absolute Gasteiger partial charge is 0.337 e. The van der Waals surface area contributed by atoms with Crippen molar-refractivity contribution in [2.45, 2.75) is 12.6 Å². The molecule has 1 saturated heterocycles. The average Bonchev–Trinajstić information content (AvgIpc) is 3.38. The van der Waals surface area contributed by atoms with Crippen LogP contribution in [0.1, 0.15) is 6.04 Å². The van der Waals surface area contributed by atoms with Crippen LogP contribution in [-0.2, 0) is 25.4 Å². The molecule has 0 radical (unpaired) electrons. The summed E-state index contributed by atoms with van der Waals surface area (Å²) in [5.41, 5.74) is 1.35. The van der Waals surface area contributed by atoms with Crippen LogP contribution in [-0.4, -0.2) is 57.6 Å². The molecule has 11 nitrogen and oxygen atoms in total. The molecule has 3 aromatic heterocycles. The number of hydrogen-bond acceptors (Lipinski definition) is 6. The lowest BCUT2D eigenvalue weighted by Gasteiger charge is -2.38. The number of imidazole rings is 1. The summed E-state index contributed by atoms with van der Waals surface area (Å²) in [4.78, 5) is 43.2. The fourth-order valence-electron chi connectivity index (χ4n) is 3.79. The number of carbonyl (C=O) groups is 1. The Morgan fingerprint density at radius 2 is 1.84 bits per heavy atom. The third kappa shape index (κ3) is 3.05. The summed E-state index contributed by atoms with van der Waals surface area (Å²) in [6, 6.07) is 9.84. The SMILES string of the molecule is Cn1c(=O)c2c(ncn2CC(=O)N2CC(n3cc(-c4ccccc4)nn3)C2)n(C)c1=O. The Morgan fingerprint density at radius 3 is 2.58 bits per heavy atom. The quantitative estimate of drug-likeness (QED) is 0.451.